The van der Waals surface area contributed by atoms with Crippen molar-refractivity contribution in [1.82, 2.24) is 10.3 Å². The van der Waals surface area contributed by atoms with E-state index in [4.69, 9.17) is 4.42 Å². The summed E-state index contributed by atoms with van der Waals surface area (Å²) in [6.07, 6.45) is 3.31. The molecular weight excluding hydrogens is 369 g/mol. The summed E-state index contributed by atoms with van der Waals surface area (Å²) < 4.78 is 19.6. The number of oxazole rings is 1. The first-order valence-corrected chi connectivity index (χ1v) is 9.01. The van der Waals surface area contributed by atoms with E-state index in [0.29, 0.717) is 28.3 Å². The highest BCUT2D eigenvalue weighted by Gasteiger charge is 2.23. The summed E-state index contributed by atoms with van der Waals surface area (Å²) >= 11 is 1.28. The van der Waals surface area contributed by atoms with Gasteiger partial charge in [0.25, 0.3) is 11.8 Å². The van der Waals surface area contributed by atoms with Gasteiger partial charge in [0.15, 0.2) is 6.39 Å². The van der Waals surface area contributed by atoms with Gasteiger partial charge in [-0.25, -0.2) is 9.37 Å². The van der Waals surface area contributed by atoms with Gasteiger partial charge in [0, 0.05) is 22.8 Å². The zero-order valence-electron chi connectivity index (χ0n) is 14.0. The Bertz CT molecular complexity index is 1020. The normalized spacial score (nSPS) is 12.6. The van der Waals surface area contributed by atoms with Crippen LogP contribution in [-0.2, 0) is 6.42 Å². The molecule has 0 saturated heterocycles. The van der Waals surface area contributed by atoms with Crippen molar-refractivity contribution in [3.63, 3.8) is 0 Å². The molecule has 8 heteroatoms. The highest BCUT2D eigenvalue weighted by molar-refractivity contribution is 7.99. The minimum atomic E-state index is -0.646. The number of nitrogens with zero attached hydrogens (tertiary/aromatic N) is 1. The molecule has 1 aromatic heterocycles. The van der Waals surface area contributed by atoms with Gasteiger partial charge in [-0.15, -0.1) is 0 Å². The lowest BCUT2D eigenvalue weighted by molar-refractivity contribution is 0.0948. The molecule has 0 saturated carbocycles. The predicted molar refractivity (Wildman–Crippen MR) is 97.5 cm³/mol. The Balaban J connectivity index is 1.55. The summed E-state index contributed by atoms with van der Waals surface area (Å²) in [5.41, 5.74) is 0.790. The van der Waals surface area contributed by atoms with Crippen LogP contribution in [0.4, 0.5) is 10.1 Å². The predicted octanol–water partition coefficient (Wildman–Crippen LogP) is 3.50. The molecule has 27 heavy (non-hydrogen) atoms. The van der Waals surface area contributed by atoms with Gasteiger partial charge < -0.3 is 15.1 Å². The Morgan fingerprint density at radius 3 is 2.93 bits per heavy atom. The molecule has 0 unspecified atom stereocenters. The van der Waals surface area contributed by atoms with Gasteiger partial charge >= 0.3 is 0 Å². The summed E-state index contributed by atoms with van der Waals surface area (Å²) in [6.45, 7) is 0.275. The lowest BCUT2D eigenvalue weighted by Crippen LogP contribution is -2.26. The highest BCUT2D eigenvalue weighted by atomic mass is 32.2. The van der Waals surface area contributed by atoms with Gasteiger partial charge in [-0.1, -0.05) is 23.9 Å². The largest absolute Gasteiger partial charge is 0.448 e. The van der Waals surface area contributed by atoms with Crippen molar-refractivity contribution in [2.24, 2.45) is 0 Å². The third-order valence-corrected chi connectivity index (χ3v) is 5.19. The maximum Gasteiger partial charge on any atom is 0.256 e. The lowest BCUT2D eigenvalue weighted by Gasteiger charge is -2.11. The van der Waals surface area contributed by atoms with E-state index in [0.717, 1.165) is 4.90 Å². The fraction of sp³-hybridized carbons (Fsp3) is 0.105. The maximum absolute atomic E-state index is 14.5. The SMILES string of the molecule is O=C(NCCc1cnco1)c1cc2c(cc1F)Sc1ccccc1C(=O)N2. The number of hydrogen-bond donors (Lipinski definition) is 2. The Labute approximate surface area is 158 Å². The van der Waals surface area contributed by atoms with Crippen LogP contribution in [0.3, 0.4) is 0 Å². The number of benzene rings is 2. The van der Waals surface area contributed by atoms with Crippen LogP contribution < -0.4 is 10.6 Å². The van der Waals surface area contributed by atoms with Gasteiger partial charge in [-0.3, -0.25) is 9.59 Å². The quantitative estimate of drug-likeness (QED) is 0.720. The van der Waals surface area contributed by atoms with E-state index in [-0.39, 0.29) is 18.0 Å². The van der Waals surface area contributed by atoms with Crippen LogP contribution in [0, 0.1) is 5.82 Å². The Hall–Kier alpha value is -3.13. The first kappa shape index (κ1) is 17.3. The fourth-order valence-electron chi connectivity index (χ4n) is 2.72. The number of halogens is 1. The number of fused-ring (bicyclic) bond motifs is 2. The Morgan fingerprint density at radius 1 is 1.26 bits per heavy atom. The number of aromatic nitrogens is 1. The van der Waals surface area contributed by atoms with E-state index < -0.39 is 11.7 Å². The van der Waals surface area contributed by atoms with Gasteiger partial charge in [0.05, 0.1) is 23.0 Å². The minimum Gasteiger partial charge on any atom is -0.448 e. The number of carbonyl (C=O) groups excluding carboxylic acids is 2. The average Bonchev–Trinajstić information content (AvgIpc) is 3.12. The van der Waals surface area contributed by atoms with E-state index in [2.05, 4.69) is 15.6 Å². The van der Waals surface area contributed by atoms with Crippen molar-refractivity contribution >= 4 is 29.3 Å². The van der Waals surface area contributed by atoms with E-state index >= 15 is 0 Å². The van der Waals surface area contributed by atoms with Crippen LogP contribution in [0.5, 0.6) is 0 Å². The second kappa shape index (κ2) is 7.24. The zero-order chi connectivity index (χ0) is 18.8. The number of nitrogens with one attached hydrogen (secondary N) is 2. The summed E-state index contributed by atoms with van der Waals surface area (Å²) in [7, 11) is 0. The van der Waals surface area contributed by atoms with Crippen LogP contribution >= 0.6 is 11.8 Å². The molecule has 136 valence electrons. The fourth-order valence-corrected chi connectivity index (χ4v) is 3.76. The summed E-state index contributed by atoms with van der Waals surface area (Å²) in [6, 6.07) is 9.73. The molecule has 0 radical (unpaired) electrons. The van der Waals surface area contributed by atoms with Gasteiger partial charge in [-0.05, 0) is 24.3 Å². The number of hydrogen-bond acceptors (Lipinski definition) is 5. The summed E-state index contributed by atoms with van der Waals surface area (Å²) in [4.78, 5) is 29.8. The van der Waals surface area contributed by atoms with Crippen molar-refractivity contribution < 1.29 is 18.4 Å². The monoisotopic (exact) mass is 383 g/mol. The van der Waals surface area contributed by atoms with E-state index in [1.54, 1.807) is 24.4 Å². The molecule has 4 rings (SSSR count). The maximum atomic E-state index is 14.5. The highest BCUT2D eigenvalue weighted by Crippen LogP contribution is 2.39. The molecule has 2 N–H and O–H groups in total. The van der Waals surface area contributed by atoms with Crippen molar-refractivity contribution in [2.45, 2.75) is 16.2 Å². The van der Waals surface area contributed by atoms with Crippen LogP contribution in [-0.4, -0.2) is 23.3 Å². The second-order valence-electron chi connectivity index (χ2n) is 5.85. The Kier molecular flexibility index (Phi) is 4.64. The second-order valence-corrected chi connectivity index (χ2v) is 6.94. The number of rotatable bonds is 4. The van der Waals surface area contributed by atoms with E-state index in [9.17, 15) is 14.0 Å². The van der Waals surface area contributed by atoms with E-state index in [1.165, 1.54) is 30.3 Å². The minimum absolute atomic E-state index is 0.127. The molecule has 1 aliphatic heterocycles. The first-order chi connectivity index (χ1) is 13.1. The van der Waals surface area contributed by atoms with Crippen molar-refractivity contribution in [3.05, 3.63) is 71.7 Å². The van der Waals surface area contributed by atoms with Crippen molar-refractivity contribution in [2.75, 3.05) is 11.9 Å². The smallest absolute Gasteiger partial charge is 0.256 e. The van der Waals surface area contributed by atoms with Gasteiger partial charge in [0.1, 0.15) is 11.6 Å². The molecule has 0 fully saturated rings. The molecule has 1 aliphatic rings. The molecule has 6 nitrogen and oxygen atoms in total. The number of amides is 2. The molecule has 0 atom stereocenters. The summed E-state index contributed by atoms with van der Waals surface area (Å²) in [5, 5.41) is 5.39. The molecule has 0 bridgehead atoms. The third-order valence-electron chi connectivity index (χ3n) is 4.05. The molecule has 2 aromatic carbocycles. The van der Waals surface area contributed by atoms with Crippen molar-refractivity contribution in [3.8, 4) is 0 Å². The van der Waals surface area contributed by atoms with Gasteiger partial charge in [-0.2, -0.15) is 0 Å². The van der Waals surface area contributed by atoms with Crippen LogP contribution in [0.15, 0.2) is 63.2 Å². The lowest BCUT2D eigenvalue weighted by atomic mass is 10.1. The molecule has 2 heterocycles. The molecule has 2 amide bonds. The standard InChI is InChI=1S/C19H14FN3O3S/c20-14-8-17-15(23-19(25)12-3-1-2-4-16(12)27-17)7-13(14)18(24)22-6-5-11-9-21-10-26-11/h1-4,7-10H,5-6H2,(H,22,24)(H,23,25). The van der Waals surface area contributed by atoms with Crippen molar-refractivity contribution in [1.29, 1.82) is 0 Å². The van der Waals surface area contributed by atoms with Crippen LogP contribution in [0.2, 0.25) is 0 Å². The number of anilines is 1. The average molecular weight is 383 g/mol. The first-order valence-electron chi connectivity index (χ1n) is 8.19. The topological polar surface area (TPSA) is 84.2 Å². The zero-order valence-corrected chi connectivity index (χ0v) is 14.8. The molecule has 3 aromatic rings. The van der Waals surface area contributed by atoms with Crippen LogP contribution in [0.25, 0.3) is 0 Å². The summed E-state index contributed by atoms with van der Waals surface area (Å²) in [5.74, 6) is -0.873. The molecular formula is C19H14FN3O3S. The van der Waals surface area contributed by atoms with Crippen LogP contribution in [0.1, 0.15) is 26.5 Å². The van der Waals surface area contributed by atoms with E-state index in [1.807, 2.05) is 6.07 Å². The number of carbonyl (C=O) groups is 2. The Morgan fingerprint density at radius 2 is 2.11 bits per heavy atom. The molecule has 0 aliphatic carbocycles. The molecule has 0 spiro atoms. The third kappa shape index (κ3) is 3.56. The van der Waals surface area contributed by atoms with Gasteiger partial charge in [0.2, 0.25) is 0 Å².